The summed E-state index contributed by atoms with van der Waals surface area (Å²) in [5.74, 6) is -1.11. The second-order valence-corrected chi connectivity index (χ2v) is 5.84. The summed E-state index contributed by atoms with van der Waals surface area (Å²) in [7, 11) is 0. The smallest absolute Gasteiger partial charge is 0.319 e. The lowest BCUT2D eigenvalue weighted by Crippen LogP contribution is -2.35. The Balaban J connectivity index is 1.84. The van der Waals surface area contributed by atoms with Crippen molar-refractivity contribution in [3.05, 3.63) is 28.8 Å². The van der Waals surface area contributed by atoms with E-state index >= 15 is 0 Å². The van der Waals surface area contributed by atoms with Gasteiger partial charge in [-0.25, -0.2) is 4.79 Å². The highest BCUT2D eigenvalue weighted by molar-refractivity contribution is 6.31. The summed E-state index contributed by atoms with van der Waals surface area (Å²) in [6.07, 6.45) is 2.43. The summed E-state index contributed by atoms with van der Waals surface area (Å²) in [6.45, 7) is 2.26. The van der Waals surface area contributed by atoms with Crippen molar-refractivity contribution in [1.82, 2.24) is 5.32 Å². The Hall–Kier alpha value is -1.75. The number of benzene rings is 1. The third-order valence-corrected chi connectivity index (χ3v) is 4.34. The van der Waals surface area contributed by atoms with Crippen LogP contribution in [0.4, 0.5) is 10.5 Å². The minimum absolute atomic E-state index is 0.00913. The first-order valence-corrected chi connectivity index (χ1v) is 7.39. The molecule has 0 heterocycles. The number of amides is 2. The first-order valence-electron chi connectivity index (χ1n) is 7.01. The highest BCUT2D eigenvalue weighted by atomic mass is 35.5. The van der Waals surface area contributed by atoms with Gasteiger partial charge in [-0.05, 0) is 43.4 Å². The third kappa shape index (κ3) is 4.11. The Labute approximate surface area is 128 Å². The maximum Gasteiger partial charge on any atom is 0.319 e. The molecule has 2 rings (SSSR count). The lowest BCUT2D eigenvalue weighted by Gasteiger charge is -2.16. The van der Waals surface area contributed by atoms with E-state index in [9.17, 15) is 9.59 Å². The van der Waals surface area contributed by atoms with Crippen molar-refractivity contribution in [2.24, 2.45) is 11.8 Å². The van der Waals surface area contributed by atoms with Crippen molar-refractivity contribution >= 4 is 29.3 Å². The summed E-state index contributed by atoms with van der Waals surface area (Å²) in [5.41, 5.74) is 1.56. The summed E-state index contributed by atoms with van der Waals surface area (Å²) in [4.78, 5) is 22.9. The van der Waals surface area contributed by atoms with Gasteiger partial charge < -0.3 is 15.7 Å². The monoisotopic (exact) mass is 310 g/mol. The van der Waals surface area contributed by atoms with Gasteiger partial charge in [-0.2, -0.15) is 0 Å². The fraction of sp³-hybridized carbons (Fsp3) is 0.467. The number of hydrogen-bond acceptors (Lipinski definition) is 2. The van der Waals surface area contributed by atoms with Gasteiger partial charge in [-0.1, -0.05) is 24.1 Å². The molecular formula is C15H19ClN2O3. The van der Waals surface area contributed by atoms with Crippen LogP contribution in [0.2, 0.25) is 5.02 Å². The molecule has 1 aromatic carbocycles. The van der Waals surface area contributed by atoms with Crippen LogP contribution in [-0.4, -0.2) is 23.7 Å². The van der Waals surface area contributed by atoms with Gasteiger partial charge in [0.25, 0.3) is 0 Å². The molecule has 0 spiro atoms. The number of rotatable bonds is 4. The lowest BCUT2D eigenvalue weighted by molar-refractivity contribution is -0.142. The number of hydrogen-bond donors (Lipinski definition) is 3. The number of carboxylic acids is 1. The molecule has 0 aliphatic heterocycles. The molecule has 6 heteroatoms. The molecule has 2 unspecified atom stereocenters. The van der Waals surface area contributed by atoms with E-state index in [2.05, 4.69) is 10.6 Å². The van der Waals surface area contributed by atoms with Gasteiger partial charge in [-0.15, -0.1) is 0 Å². The van der Waals surface area contributed by atoms with E-state index in [1.807, 2.05) is 13.0 Å². The Kier molecular flexibility index (Phi) is 5.07. The van der Waals surface area contributed by atoms with Crippen LogP contribution in [0.25, 0.3) is 0 Å². The zero-order valence-corrected chi connectivity index (χ0v) is 12.6. The average Bonchev–Trinajstić information content (AvgIpc) is 2.89. The second-order valence-electron chi connectivity index (χ2n) is 5.43. The van der Waals surface area contributed by atoms with Crippen LogP contribution in [0.3, 0.4) is 0 Å². The molecule has 114 valence electrons. The molecule has 1 aliphatic carbocycles. The summed E-state index contributed by atoms with van der Waals surface area (Å²) in [6, 6.07) is 4.95. The lowest BCUT2D eigenvalue weighted by atomic mass is 9.96. The van der Waals surface area contributed by atoms with Gasteiger partial charge in [0.2, 0.25) is 0 Å². The molecule has 21 heavy (non-hydrogen) atoms. The number of carbonyl (C=O) groups is 2. The number of carboxylic acid groups (broad SMARTS) is 1. The molecule has 0 aromatic heterocycles. The van der Waals surface area contributed by atoms with Crippen molar-refractivity contribution in [3.63, 3.8) is 0 Å². The van der Waals surface area contributed by atoms with Gasteiger partial charge in [0, 0.05) is 17.3 Å². The number of nitrogens with one attached hydrogen (secondary N) is 2. The van der Waals surface area contributed by atoms with E-state index in [1.54, 1.807) is 12.1 Å². The van der Waals surface area contributed by atoms with E-state index in [0.717, 1.165) is 18.4 Å². The predicted molar refractivity (Wildman–Crippen MR) is 81.7 cm³/mol. The van der Waals surface area contributed by atoms with Crippen molar-refractivity contribution < 1.29 is 14.7 Å². The molecule has 0 bridgehead atoms. The molecule has 0 saturated heterocycles. The number of aryl methyl sites for hydroxylation is 1. The summed E-state index contributed by atoms with van der Waals surface area (Å²) < 4.78 is 0. The molecule has 1 saturated carbocycles. The van der Waals surface area contributed by atoms with Crippen LogP contribution >= 0.6 is 11.6 Å². The van der Waals surface area contributed by atoms with Crippen molar-refractivity contribution in [2.75, 3.05) is 11.9 Å². The van der Waals surface area contributed by atoms with Crippen LogP contribution < -0.4 is 10.6 Å². The summed E-state index contributed by atoms with van der Waals surface area (Å²) in [5, 5.41) is 15.1. The topological polar surface area (TPSA) is 78.4 Å². The fourth-order valence-electron chi connectivity index (χ4n) is 2.68. The van der Waals surface area contributed by atoms with E-state index in [-0.39, 0.29) is 17.9 Å². The van der Waals surface area contributed by atoms with E-state index < -0.39 is 5.97 Å². The van der Waals surface area contributed by atoms with Crippen LogP contribution in [0.5, 0.6) is 0 Å². The molecule has 1 fully saturated rings. The number of carbonyl (C=O) groups excluding carboxylic acids is 1. The number of anilines is 1. The van der Waals surface area contributed by atoms with E-state index in [0.29, 0.717) is 23.7 Å². The largest absolute Gasteiger partial charge is 0.481 e. The van der Waals surface area contributed by atoms with Crippen molar-refractivity contribution in [2.45, 2.75) is 26.2 Å². The van der Waals surface area contributed by atoms with Crippen molar-refractivity contribution in [3.8, 4) is 0 Å². The van der Waals surface area contributed by atoms with E-state index in [4.69, 9.17) is 16.7 Å². The van der Waals surface area contributed by atoms with Gasteiger partial charge in [0.1, 0.15) is 0 Å². The van der Waals surface area contributed by atoms with E-state index in [1.165, 1.54) is 0 Å². The molecule has 0 radical (unpaired) electrons. The highest BCUT2D eigenvalue weighted by Crippen LogP contribution is 2.31. The van der Waals surface area contributed by atoms with Gasteiger partial charge in [-0.3, -0.25) is 4.79 Å². The summed E-state index contributed by atoms with van der Waals surface area (Å²) >= 11 is 5.99. The van der Waals surface area contributed by atoms with Crippen LogP contribution in [0, 0.1) is 18.8 Å². The Morgan fingerprint density at radius 2 is 2.14 bits per heavy atom. The molecule has 1 aromatic rings. The first kappa shape index (κ1) is 15.6. The van der Waals surface area contributed by atoms with Gasteiger partial charge >= 0.3 is 12.0 Å². The fourth-order valence-corrected chi connectivity index (χ4v) is 2.86. The number of urea groups is 1. The standard InChI is InChI=1S/C15H19ClN2O3/c1-9-5-6-11(7-13(9)16)18-15(21)17-8-10-3-2-4-12(10)14(19)20/h5-7,10,12H,2-4,8H2,1H3,(H,19,20)(H2,17,18,21). The van der Waals surface area contributed by atoms with Crippen LogP contribution in [-0.2, 0) is 4.79 Å². The maximum absolute atomic E-state index is 11.8. The Morgan fingerprint density at radius 3 is 2.81 bits per heavy atom. The second kappa shape index (κ2) is 6.80. The normalized spacial score (nSPS) is 21.0. The number of halogens is 1. The maximum atomic E-state index is 11.8. The third-order valence-electron chi connectivity index (χ3n) is 3.93. The SMILES string of the molecule is Cc1ccc(NC(=O)NCC2CCCC2C(=O)O)cc1Cl. The molecule has 3 N–H and O–H groups in total. The first-order chi connectivity index (χ1) is 9.97. The highest BCUT2D eigenvalue weighted by Gasteiger charge is 2.32. The zero-order valence-electron chi connectivity index (χ0n) is 11.9. The van der Waals surface area contributed by atoms with Crippen LogP contribution in [0.15, 0.2) is 18.2 Å². The number of aliphatic carboxylic acids is 1. The molecule has 1 aliphatic rings. The predicted octanol–water partition coefficient (Wildman–Crippen LogP) is 3.27. The molecule has 2 amide bonds. The van der Waals surface area contributed by atoms with Gasteiger partial charge in [0.05, 0.1) is 5.92 Å². The van der Waals surface area contributed by atoms with Crippen LogP contribution in [0.1, 0.15) is 24.8 Å². The average molecular weight is 311 g/mol. The quantitative estimate of drug-likeness (QED) is 0.798. The Morgan fingerprint density at radius 1 is 1.38 bits per heavy atom. The minimum Gasteiger partial charge on any atom is -0.481 e. The molecule has 5 nitrogen and oxygen atoms in total. The Bertz CT molecular complexity index is 548. The van der Waals surface area contributed by atoms with Gasteiger partial charge in [0.15, 0.2) is 0 Å². The minimum atomic E-state index is -0.773. The molecular weight excluding hydrogens is 292 g/mol. The van der Waals surface area contributed by atoms with Crippen molar-refractivity contribution in [1.29, 1.82) is 0 Å². The zero-order chi connectivity index (χ0) is 15.4. The molecule has 2 atom stereocenters.